The Hall–Kier alpha value is -3.25. The highest BCUT2D eigenvalue weighted by molar-refractivity contribution is 8.18. The summed E-state index contributed by atoms with van der Waals surface area (Å²) < 4.78 is 7.40. The molecule has 2 heterocycles. The molecule has 1 aliphatic heterocycles. The van der Waals surface area contributed by atoms with E-state index in [2.05, 4.69) is 66.8 Å². The van der Waals surface area contributed by atoms with Crippen molar-refractivity contribution in [1.82, 2.24) is 9.88 Å². The lowest BCUT2D eigenvalue weighted by atomic mass is 10.1. The highest BCUT2D eigenvalue weighted by Crippen LogP contribution is 2.31. The third-order valence-corrected chi connectivity index (χ3v) is 6.37. The first-order chi connectivity index (χ1) is 14.9. The Labute approximate surface area is 186 Å². The predicted molar refractivity (Wildman–Crippen MR) is 129 cm³/mol. The molecule has 0 atom stereocenters. The van der Waals surface area contributed by atoms with Crippen LogP contribution >= 0.6 is 11.8 Å². The molecule has 1 aliphatic rings. The van der Waals surface area contributed by atoms with Crippen LogP contribution in [0.4, 0.5) is 5.69 Å². The zero-order valence-electron chi connectivity index (χ0n) is 18.3. The number of aromatic nitrogens is 1. The van der Waals surface area contributed by atoms with E-state index in [9.17, 15) is 4.79 Å². The maximum atomic E-state index is 12.5. The lowest BCUT2D eigenvalue weighted by molar-refractivity contribution is -0.115. The van der Waals surface area contributed by atoms with Gasteiger partial charge >= 0.3 is 0 Å². The van der Waals surface area contributed by atoms with Gasteiger partial charge in [-0.2, -0.15) is 0 Å². The van der Waals surface area contributed by atoms with E-state index >= 15 is 0 Å². The number of thioether (sulfide) groups is 1. The monoisotopic (exact) mass is 431 g/mol. The number of aryl methyl sites for hydroxylation is 3. The maximum absolute atomic E-state index is 12.5. The van der Waals surface area contributed by atoms with Crippen molar-refractivity contribution in [3.63, 3.8) is 0 Å². The molecule has 158 valence electrons. The molecule has 2 aromatic carbocycles. The summed E-state index contributed by atoms with van der Waals surface area (Å²) in [6.45, 7) is 8.41. The van der Waals surface area contributed by atoms with E-state index in [1.54, 1.807) is 7.11 Å². The van der Waals surface area contributed by atoms with Crippen molar-refractivity contribution in [2.24, 2.45) is 4.99 Å². The van der Waals surface area contributed by atoms with E-state index in [1.165, 1.54) is 22.9 Å². The van der Waals surface area contributed by atoms with Gasteiger partial charge in [0.15, 0.2) is 5.17 Å². The second-order valence-corrected chi connectivity index (χ2v) is 8.64. The van der Waals surface area contributed by atoms with Crippen LogP contribution in [0.2, 0.25) is 0 Å². The second kappa shape index (κ2) is 8.47. The van der Waals surface area contributed by atoms with E-state index in [0.717, 1.165) is 34.1 Å². The van der Waals surface area contributed by atoms with Crippen LogP contribution < -0.4 is 10.1 Å². The summed E-state index contributed by atoms with van der Waals surface area (Å²) in [6.07, 6.45) is 1.94. The van der Waals surface area contributed by atoms with Crippen molar-refractivity contribution in [1.29, 1.82) is 0 Å². The minimum Gasteiger partial charge on any atom is -0.497 e. The van der Waals surface area contributed by atoms with E-state index in [4.69, 9.17) is 4.74 Å². The number of amidine groups is 1. The first-order valence-corrected chi connectivity index (χ1v) is 10.9. The minimum atomic E-state index is -0.131. The topological polar surface area (TPSA) is 55.6 Å². The summed E-state index contributed by atoms with van der Waals surface area (Å²) in [5.74, 6) is 0.639. The third kappa shape index (κ3) is 4.30. The van der Waals surface area contributed by atoms with E-state index in [0.29, 0.717) is 10.1 Å². The quantitative estimate of drug-likeness (QED) is 0.546. The molecule has 4 rings (SSSR count). The fraction of sp³-hybridized carbons (Fsp3) is 0.200. The number of ether oxygens (including phenoxy) is 1. The molecule has 1 N–H and O–H groups in total. The van der Waals surface area contributed by atoms with Gasteiger partial charge in [-0.25, -0.2) is 4.99 Å². The van der Waals surface area contributed by atoms with Gasteiger partial charge < -0.3 is 14.6 Å². The molecule has 1 saturated heterocycles. The molecule has 31 heavy (non-hydrogen) atoms. The molecule has 1 amide bonds. The van der Waals surface area contributed by atoms with Crippen molar-refractivity contribution in [3.8, 4) is 11.4 Å². The van der Waals surface area contributed by atoms with Crippen molar-refractivity contribution in [2.45, 2.75) is 27.7 Å². The molecule has 0 radical (unpaired) electrons. The molecule has 5 nitrogen and oxygen atoms in total. The summed E-state index contributed by atoms with van der Waals surface area (Å²) in [6, 6.07) is 16.0. The Balaban J connectivity index is 1.62. The Morgan fingerprint density at radius 3 is 2.42 bits per heavy atom. The average Bonchev–Trinajstić information content (AvgIpc) is 3.23. The van der Waals surface area contributed by atoms with Gasteiger partial charge in [-0.1, -0.05) is 6.07 Å². The first-order valence-electron chi connectivity index (χ1n) is 10.1. The second-order valence-electron chi connectivity index (χ2n) is 7.61. The standard InChI is InChI=1S/C25H25N3O2S/c1-15-6-9-21(12-16(15)2)28-17(3)13-19(18(28)4)14-23-24(29)27-25(31-23)26-20-7-10-22(30-5)11-8-20/h6-14H,1-5H3,(H,26,27,29). The minimum absolute atomic E-state index is 0.131. The van der Waals surface area contributed by atoms with Crippen LogP contribution in [0.25, 0.3) is 11.8 Å². The number of carbonyl (C=O) groups is 1. The van der Waals surface area contributed by atoms with Crippen molar-refractivity contribution in [3.05, 3.63) is 81.5 Å². The van der Waals surface area contributed by atoms with Crippen LogP contribution in [0.1, 0.15) is 28.1 Å². The molecule has 0 unspecified atom stereocenters. The predicted octanol–water partition coefficient (Wildman–Crippen LogP) is 5.61. The van der Waals surface area contributed by atoms with Gasteiger partial charge in [-0.05, 0) is 105 Å². The van der Waals surface area contributed by atoms with Gasteiger partial charge in [-0.15, -0.1) is 0 Å². The van der Waals surface area contributed by atoms with Crippen LogP contribution in [0.5, 0.6) is 5.75 Å². The maximum Gasteiger partial charge on any atom is 0.264 e. The number of nitrogens with one attached hydrogen (secondary N) is 1. The molecule has 1 aromatic heterocycles. The number of methoxy groups -OCH3 is 1. The summed E-state index contributed by atoms with van der Waals surface area (Å²) in [5, 5.41) is 3.43. The fourth-order valence-electron chi connectivity index (χ4n) is 3.59. The van der Waals surface area contributed by atoms with Crippen LogP contribution in [0.15, 0.2) is 58.4 Å². The summed E-state index contributed by atoms with van der Waals surface area (Å²) >= 11 is 1.35. The van der Waals surface area contributed by atoms with Crippen molar-refractivity contribution >= 4 is 34.6 Å². The van der Waals surface area contributed by atoms with Crippen LogP contribution in [0, 0.1) is 27.7 Å². The molecular weight excluding hydrogens is 406 g/mol. The van der Waals surface area contributed by atoms with Gasteiger partial charge in [0.1, 0.15) is 5.75 Å². The number of hydrogen-bond acceptors (Lipinski definition) is 4. The van der Waals surface area contributed by atoms with Crippen LogP contribution in [-0.4, -0.2) is 22.8 Å². The molecule has 0 bridgehead atoms. The summed E-state index contributed by atoms with van der Waals surface area (Å²) in [4.78, 5) is 17.7. The Bertz CT molecular complexity index is 1220. The summed E-state index contributed by atoms with van der Waals surface area (Å²) in [5.41, 5.74) is 7.68. The van der Waals surface area contributed by atoms with Crippen LogP contribution in [-0.2, 0) is 4.79 Å². The molecule has 0 spiro atoms. The Kier molecular flexibility index (Phi) is 5.74. The number of amides is 1. The van der Waals surface area contributed by atoms with Gasteiger partial charge in [-0.3, -0.25) is 4.79 Å². The first kappa shape index (κ1) is 21.0. The molecule has 3 aromatic rings. The average molecular weight is 432 g/mol. The number of rotatable bonds is 4. The van der Waals surface area contributed by atoms with Crippen molar-refractivity contribution < 1.29 is 9.53 Å². The smallest absolute Gasteiger partial charge is 0.264 e. The van der Waals surface area contributed by atoms with E-state index in [-0.39, 0.29) is 5.91 Å². The number of aliphatic imine (C=N–C) groups is 1. The Morgan fingerprint density at radius 1 is 1.00 bits per heavy atom. The molecule has 1 fully saturated rings. The van der Waals surface area contributed by atoms with Gasteiger partial charge in [0.25, 0.3) is 5.91 Å². The van der Waals surface area contributed by atoms with Crippen LogP contribution in [0.3, 0.4) is 0 Å². The lowest BCUT2D eigenvalue weighted by Crippen LogP contribution is -2.19. The number of benzene rings is 2. The molecule has 0 saturated carbocycles. The largest absolute Gasteiger partial charge is 0.497 e. The normalized spacial score (nSPS) is 16.2. The zero-order chi connectivity index (χ0) is 22.1. The summed E-state index contributed by atoms with van der Waals surface area (Å²) in [7, 11) is 1.63. The highest BCUT2D eigenvalue weighted by atomic mass is 32.2. The number of carbonyl (C=O) groups excluding carboxylic acids is 1. The molecule has 6 heteroatoms. The zero-order valence-corrected chi connectivity index (χ0v) is 19.1. The van der Waals surface area contributed by atoms with E-state index in [1.807, 2.05) is 30.3 Å². The van der Waals surface area contributed by atoms with E-state index < -0.39 is 0 Å². The third-order valence-electron chi connectivity index (χ3n) is 5.46. The molecule has 0 aliphatic carbocycles. The number of hydrogen-bond donors (Lipinski definition) is 1. The Morgan fingerprint density at radius 2 is 1.74 bits per heavy atom. The van der Waals surface area contributed by atoms with Gasteiger partial charge in [0, 0.05) is 17.1 Å². The number of nitrogens with zero attached hydrogens (tertiary/aromatic N) is 2. The highest BCUT2D eigenvalue weighted by Gasteiger charge is 2.24. The van der Waals surface area contributed by atoms with Gasteiger partial charge in [0.05, 0.1) is 17.7 Å². The lowest BCUT2D eigenvalue weighted by Gasteiger charge is -2.11. The molecular formula is C25H25N3O2S. The van der Waals surface area contributed by atoms with Crippen molar-refractivity contribution in [2.75, 3.05) is 7.11 Å². The van der Waals surface area contributed by atoms with Gasteiger partial charge in [0.2, 0.25) is 0 Å². The fourth-order valence-corrected chi connectivity index (χ4v) is 4.42. The SMILES string of the molecule is COc1ccc(N=C2NC(=O)C(=Cc3cc(C)n(-c4ccc(C)c(C)c4)c3C)S2)cc1.